The number of ether oxygens (including phenoxy) is 2. The van der Waals surface area contributed by atoms with Crippen molar-refractivity contribution in [2.75, 3.05) is 13.2 Å². The van der Waals surface area contributed by atoms with Crippen LogP contribution in [-0.4, -0.2) is 43.7 Å². The van der Waals surface area contributed by atoms with Crippen LogP contribution in [0.2, 0.25) is 10.0 Å². The van der Waals surface area contributed by atoms with Gasteiger partial charge in [0.15, 0.2) is 0 Å². The molecule has 0 spiro atoms. The van der Waals surface area contributed by atoms with Gasteiger partial charge in [-0.2, -0.15) is 4.31 Å². The van der Waals surface area contributed by atoms with Crippen molar-refractivity contribution in [2.24, 2.45) is 0 Å². The lowest BCUT2D eigenvalue weighted by atomic mass is 10.2. The van der Waals surface area contributed by atoms with Gasteiger partial charge in [0.1, 0.15) is 5.60 Å². The van der Waals surface area contributed by atoms with E-state index in [9.17, 15) is 13.2 Å². The Morgan fingerprint density at radius 2 is 1.83 bits per heavy atom. The SMILES string of the molecule is CC(C)(C)OC(=O)N(C[C@H]1CO1)S(=O)(=O)c1cc(Cl)cc(Cl)c1. The predicted octanol–water partition coefficient (Wildman–Crippen LogP) is 3.32. The fourth-order valence-corrected chi connectivity index (χ4v) is 3.80. The normalized spacial score (nSPS) is 17.7. The second-order valence-corrected chi connectivity index (χ2v) is 8.81. The van der Waals surface area contributed by atoms with Gasteiger partial charge in [0.25, 0.3) is 10.0 Å². The van der Waals surface area contributed by atoms with Crippen LogP contribution in [-0.2, 0) is 19.5 Å². The zero-order valence-corrected chi connectivity index (χ0v) is 15.2. The second kappa shape index (κ2) is 6.47. The van der Waals surface area contributed by atoms with Gasteiger partial charge in [0, 0.05) is 10.0 Å². The van der Waals surface area contributed by atoms with Crippen molar-refractivity contribution >= 4 is 39.3 Å². The molecule has 0 bridgehead atoms. The maximum atomic E-state index is 12.8. The topological polar surface area (TPSA) is 76.2 Å². The van der Waals surface area contributed by atoms with Crippen molar-refractivity contribution in [1.82, 2.24) is 4.31 Å². The summed E-state index contributed by atoms with van der Waals surface area (Å²) in [6.07, 6.45) is -1.30. The Balaban J connectivity index is 2.38. The molecule has 1 fully saturated rings. The first kappa shape index (κ1) is 18.3. The minimum absolute atomic E-state index is 0.124. The maximum Gasteiger partial charge on any atom is 0.424 e. The lowest BCUT2D eigenvalue weighted by Gasteiger charge is -2.26. The van der Waals surface area contributed by atoms with Gasteiger partial charge in [-0.25, -0.2) is 13.2 Å². The summed E-state index contributed by atoms with van der Waals surface area (Å²) in [5, 5.41) is 0.311. The standard InChI is InChI=1S/C14H17Cl2NO5S/c1-14(2,3)22-13(18)17(7-11-8-21-11)23(19,20)12-5-9(15)4-10(16)6-12/h4-6,11H,7-8H2,1-3H3/t11-/m0/s1. The Kier molecular flexibility index (Phi) is 5.15. The lowest BCUT2D eigenvalue weighted by Crippen LogP contribution is -2.42. The van der Waals surface area contributed by atoms with E-state index in [2.05, 4.69) is 0 Å². The number of carbonyl (C=O) groups is 1. The molecule has 9 heteroatoms. The van der Waals surface area contributed by atoms with Crippen molar-refractivity contribution in [3.63, 3.8) is 0 Å². The minimum Gasteiger partial charge on any atom is -0.443 e. The summed E-state index contributed by atoms with van der Waals surface area (Å²) in [4.78, 5) is 12.1. The van der Waals surface area contributed by atoms with Gasteiger partial charge in [0.05, 0.1) is 24.2 Å². The van der Waals surface area contributed by atoms with Crippen molar-refractivity contribution in [3.05, 3.63) is 28.2 Å². The van der Waals surface area contributed by atoms with Crippen LogP contribution >= 0.6 is 23.2 Å². The summed E-state index contributed by atoms with van der Waals surface area (Å²) in [7, 11) is -4.16. The monoisotopic (exact) mass is 381 g/mol. The smallest absolute Gasteiger partial charge is 0.424 e. The summed E-state index contributed by atoms with van der Waals surface area (Å²) in [5.74, 6) is 0. The highest BCUT2D eigenvalue weighted by atomic mass is 35.5. The summed E-state index contributed by atoms with van der Waals surface area (Å²) >= 11 is 11.7. The molecule has 1 atom stereocenters. The lowest BCUT2D eigenvalue weighted by molar-refractivity contribution is 0.0383. The van der Waals surface area contributed by atoms with Crippen LogP contribution in [0.4, 0.5) is 4.79 Å². The van der Waals surface area contributed by atoms with E-state index >= 15 is 0 Å². The van der Waals surface area contributed by atoms with E-state index in [0.717, 1.165) is 0 Å². The summed E-state index contributed by atoms with van der Waals surface area (Å²) < 4.78 is 36.4. The van der Waals surface area contributed by atoms with E-state index in [-0.39, 0.29) is 27.6 Å². The summed E-state index contributed by atoms with van der Waals surface area (Å²) in [5.41, 5.74) is -0.832. The molecule has 6 nitrogen and oxygen atoms in total. The molecule has 1 aliphatic rings. The van der Waals surface area contributed by atoms with Crippen molar-refractivity contribution < 1.29 is 22.7 Å². The van der Waals surface area contributed by atoms with Crippen LogP contribution in [0.25, 0.3) is 0 Å². The van der Waals surface area contributed by atoms with E-state index in [4.69, 9.17) is 32.7 Å². The molecule has 23 heavy (non-hydrogen) atoms. The zero-order valence-electron chi connectivity index (χ0n) is 12.9. The Labute approximate surface area is 145 Å². The highest BCUT2D eigenvalue weighted by Crippen LogP contribution is 2.27. The number of amides is 1. The number of epoxide rings is 1. The molecule has 1 aromatic carbocycles. The Morgan fingerprint density at radius 1 is 1.30 bits per heavy atom. The molecule has 1 amide bonds. The Hall–Kier alpha value is -1.02. The van der Waals surface area contributed by atoms with Crippen LogP contribution in [0.15, 0.2) is 23.1 Å². The van der Waals surface area contributed by atoms with Crippen LogP contribution in [0.3, 0.4) is 0 Å². The largest absolute Gasteiger partial charge is 0.443 e. The van der Waals surface area contributed by atoms with E-state index in [1.807, 2.05) is 0 Å². The number of halogens is 2. The molecular formula is C14H17Cl2NO5S. The summed E-state index contributed by atoms with van der Waals surface area (Å²) in [6, 6.07) is 3.87. The van der Waals surface area contributed by atoms with Gasteiger partial charge in [-0.3, -0.25) is 0 Å². The number of rotatable bonds is 4. The van der Waals surface area contributed by atoms with Crippen LogP contribution in [0.1, 0.15) is 20.8 Å². The van der Waals surface area contributed by atoms with Gasteiger partial charge in [-0.15, -0.1) is 0 Å². The van der Waals surface area contributed by atoms with Gasteiger partial charge in [-0.1, -0.05) is 23.2 Å². The van der Waals surface area contributed by atoms with Gasteiger partial charge in [-0.05, 0) is 39.0 Å². The van der Waals surface area contributed by atoms with Crippen molar-refractivity contribution in [2.45, 2.75) is 37.4 Å². The summed E-state index contributed by atoms with van der Waals surface area (Å²) in [6.45, 7) is 5.23. The fourth-order valence-electron chi connectivity index (χ4n) is 1.75. The quantitative estimate of drug-likeness (QED) is 0.747. The van der Waals surface area contributed by atoms with Gasteiger partial charge < -0.3 is 9.47 Å². The van der Waals surface area contributed by atoms with Crippen LogP contribution in [0.5, 0.6) is 0 Å². The number of hydrogen-bond donors (Lipinski definition) is 0. The maximum absolute atomic E-state index is 12.8. The number of hydrogen-bond acceptors (Lipinski definition) is 5. The molecule has 0 aromatic heterocycles. The third kappa shape index (κ3) is 4.97. The minimum atomic E-state index is -4.16. The Bertz CT molecular complexity index is 690. The number of nitrogens with zero attached hydrogens (tertiary/aromatic N) is 1. The molecule has 0 radical (unpaired) electrons. The van der Waals surface area contributed by atoms with Crippen molar-refractivity contribution in [1.29, 1.82) is 0 Å². The highest BCUT2D eigenvalue weighted by molar-refractivity contribution is 7.89. The third-order valence-corrected chi connectivity index (χ3v) is 4.94. The molecule has 1 aliphatic heterocycles. The van der Waals surface area contributed by atoms with Gasteiger partial charge >= 0.3 is 6.09 Å². The van der Waals surface area contributed by atoms with E-state index < -0.39 is 21.7 Å². The van der Waals surface area contributed by atoms with Crippen molar-refractivity contribution in [3.8, 4) is 0 Å². The van der Waals surface area contributed by atoms with Crippen LogP contribution < -0.4 is 0 Å². The molecule has 0 saturated carbocycles. The first-order valence-corrected chi connectivity index (χ1v) is 9.02. The first-order valence-electron chi connectivity index (χ1n) is 6.82. The Morgan fingerprint density at radius 3 is 2.26 bits per heavy atom. The van der Waals surface area contributed by atoms with Crippen LogP contribution in [0, 0.1) is 0 Å². The first-order chi connectivity index (χ1) is 10.5. The third-order valence-electron chi connectivity index (χ3n) is 2.79. The second-order valence-electron chi connectivity index (χ2n) is 6.08. The van der Waals surface area contributed by atoms with E-state index in [1.165, 1.54) is 18.2 Å². The number of benzene rings is 1. The fraction of sp³-hybridized carbons (Fsp3) is 0.500. The highest BCUT2D eigenvalue weighted by Gasteiger charge is 2.38. The molecule has 0 unspecified atom stereocenters. The predicted molar refractivity (Wildman–Crippen MR) is 86.3 cm³/mol. The molecule has 0 aliphatic carbocycles. The molecule has 2 rings (SSSR count). The zero-order chi connectivity index (χ0) is 17.4. The molecule has 1 heterocycles. The van der Waals surface area contributed by atoms with E-state index in [0.29, 0.717) is 10.9 Å². The number of carbonyl (C=O) groups excluding carboxylic acids is 1. The molecule has 0 N–H and O–H groups in total. The van der Waals surface area contributed by atoms with E-state index in [1.54, 1.807) is 20.8 Å². The molecule has 128 valence electrons. The average Bonchev–Trinajstić information content (AvgIpc) is 3.16. The average molecular weight is 382 g/mol. The molecule has 1 aromatic rings. The molecule has 1 saturated heterocycles. The van der Waals surface area contributed by atoms with Gasteiger partial charge in [0.2, 0.25) is 0 Å². The molecular weight excluding hydrogens is 365 g/mol. The number of sulfonamides is 1.